The molecule has 0 radical (unpaired) electrons. The number of carbonyl (C=O) groups excluding carboxylic acids is 3. The molecule has 0 aromatic heterocycles. The van der Waals surface area contributed by atoms with E-state index in [-0.39, 0.29) is 6.04 Å². The molecule has 3 amide bonds. The SMILES string of the molecule is Cc1ccc(/C=C/C(=O)OCC(=O)NC(=O)NC2CCCC2)cc1. The number of esters is 1. The van der Waals surface area contributed by atoms with Gasteiger partial charge in [-0.2, -0.15) is 0 Å². The molecule has 0 unspecified atom stereocenters. The van der Waals surface area contributed by atoms with E-state index >= 15 is 0 Å². The number of ether oxygens (including phenoxy) is 1. The van der Waals surface area contributed by atoms with Gasteiger partial charge in [-0.3, -0.25) is 10.1 Å². The monoisotopic (exact) mass is 330 g/mol. The zero-order chi connectivity index (χ0) is 17.4. The molecule has 6 nitrogen and oxygen atoms in total. The van der Waals surface area contributed by atoms with Gasteiger partial charge in [-0.1, -0.05) is 42.7 Å². The lowest BCUT2D eigenvalue weighted by Gasteiger charge is -2.12. The van der Waals surface area contributed by atoms with Gasteiger partial charge >= 0.3 is 12.0 Å². The highest BCUT2D eigenvalue weighted by Crippen LogP contribution is 2.17. The summed E-state index contributed by atoms with van der Waals surface area (Å²) < 4.78 is 4.80. The molecule has 1 saturated carbocycles. The van der Waals surface area contributed by atoms with Crippen molar-refractivity contribution in [2.24, 2.45) is 0 Å². The van der Waals surface area contributed by atoms with E-state index in [1.807, 2.05) is 31.2 Å². The number of imide groups is 1. The molecule has 0 saturated heterocycles. The Morgan fingerprint density at radius 1 is 1.17 bits per heavy atom. The van der Waals surface area contributed by atoms with Gasteiger partial charge in [0, 0.05) is 12.1 Å². The molecule has 1 aromatic rings. The summed E-state index contributed by atoms with van der Waals surface area (Å²) in [7, 11) is 0. The molecule has 2 rings (SSSR count). The summed E-state index contributed by atoms with van der Waals surface area (Å²) in [5.74, 6) is -1.29. The highest BCUT2D eigenvalue weighted by Gasteiger charge is 2.18. The first-order valence-electron chi connectivity index (χ1n) is 8.05. The minimum Gasteiger partial charge on any atom is -0.452 e. The number of urea groups is 1. The predicted molar refractivity (Wildman–Crippen MR) is 90.1 cm³/mol. The third-order valence-corrected chi connectivity index (χ3v) is 3.78. The summed E-state index contributed by atoms with van der Waals surface area (Å²) in [6, 6.07) is 7.19. The molecule has 1 aromatic carbocycles. The van der Waals surface area contributed by atoms with Crippen molar-refractivity contribution in [3.8, 4) is 0 Å². The molecule has 0 aliphatic heterocycles. The third kappa shape index (κ3) is 6.24. The summed E-state index contributed by atoms with van der Waals surface area (Å²) in [5.41, 5.74) is 1.99. The molecular formula is C18H22N2O4. The highest BCUT2D eigenvalue weighted by molar-refractivity contribution is 5.96. The topological polar surface area (TPSA) is 84.5 Å². The summed E-state index contributed by atoms with van der Waals surface area (Å²) in [6.07, 6.45) is 6.89. The summed E-state index contributed by atoms with van der Waals surface area (Å²) in [6.45, 7) is 1.48. The fourth-order valence-electron chi connectivity index (χ4n) is 2.48. The van der Waals surface area contributed by atoms with Crippen molar-refractivity contribution in [3.05, 3.63) is 41.5 Å². The van der Waals surface area contributed by atoms with E-state index in [2.05, 4.69) is 10.6 Å². The molecule has 0 bridgehead atoms. The van der Waals surface area contributed by atoms with Crippen LogP contribution in [0.15, 0.2) is 30.3 Å². The fourth-order valence-corrected chi connectivity index (χ4v) is 2.48. The van der Waals surface area contributed by atoms with Crippen LogP contribution in [0.3, 0.4) is 0 Å². The molecule has 2 N–H and O–H groups in total. The zero-order valence-corrected chi connectivity index (χ0v) is 13.7. The van der Waals surface area contributed by atoms with E-state index < -0.39 is 24.5 Å². The molecule has 1 aliphatic rings. The molecule has 0 atom stereocenters. The maximum atomic E-state index is 11.6. The van der Waals surface area contributed by atoms with Gasteiger partial charge in [0.1, 0.15) is 0 Å². The number of nitrogens with one attached hydrogen (secondary N) is 2. The lowest BCUT2D eigenvalue weighted by molar-refractivity contribution is -0.143. The van der Waals surface area contributed by atoms with Crippen molar-refractivity contribution in [1.29, 1.82) is 0 Å². The van der Waals surface area contributed by atoms with Crippen LogP contribution in [0.5, 0.6) is 0 Å². The lowest BCUT2D eigenvalue weighted by atomic mass is 10.1. The minimum absolute atomic E-state index is 0.123. The van der Waals surface area contributed by atoms with Gasteiger partial charge in [0.2, 0.25) is 0 Å². The van der Waals surface area contributed by atoms with Crippen LogP contribution in [-0.4, -0.2) is 30.6 Å². The second kappa shape index (κ2) is 8.86. The minimum atomic E-state index is -0.650. The van der Waals surface area contributed by atoms with E-state index in [1.54, 1.807) is 6.08 Å². The quantitative estimate of drug-likeness (QED) is 0.641. The highest BCUT2D eigenvalue weighted by atomic mass is 16.5. The average molecular weight is 330 g/mol. The van der Waals surface area contributed by atoms with Gasteiger partial charge in [-0.25, -0.2) is 9.59 Å². The third-order valence-electron chi connectivity index (χ3n) is 3.78. The zero-order valence-electron chi connectivity index (χ0n) is 13.7. The van der Waals surface area contributed by atoms with Gasteiger partial charge in [0.15, 0.2) is 6.61 Å². The van der Waals surface area contributed by atoms with Crippen LogP contribution in [-0.2, 0) is 14.3 Å². The van der Waals surface area contributed by atoms with Crippen molar-refractivity contribution in [2.75, 3.05) is 6.61 Å². The Labute approximate surface area is 141 Å². The lowest BCUT2D eigenvalue weighted by Crippen LogP contribution is -2.44. The first kappa shape index (κ1) is 17.7. The number of amides is 3. The Morgan fingerprint density at radius 3 is 2.50 bits per heavy atom. The van der Waals surface area contributed by atoms with Crippen molar-refractivity contribution in [3.63, 3.8) is 0 Å². The van der Waals surface area contributed by atoms with Crippen LogP contribution in [0.1, 0.15) is 36.8 Å². The predicted octanol–water partition coefficient (Wildman–Crippen LogP) is 2.32. The first-order chi connectivity index (χ1) is 11.5. The Kier molecular flexibility index (Phi) is 6.54. The van der Waals surface area contributed by atoms with Crippen molar-refractivity contribution >= 4 is 24.0 Å². The van der Waals surface area contributed by atoms with Crippen molar-refractivity contribution < 1.29 is 19.1 Å². The number of aryl methyl sites for hydroxylation is 1. The van der Waals surface area contributed by atoms with Crippen LogP contribution >= 0.6 is 0 Å². The van der Waals surface area contributed by atoms with Crippen LogP contribution in [0, 0.1) is 6.92 Å². The summed E-state index contributed by atoms with van der Waals surface area (Å²) >= 11 is 0. The van der Waals surface area contributed by atoms with E-state index in [9.17, 15) is 14.4 Å². The van der Waals surface area contributed by atoms with Gasteiger partial charge in [-0.05, 0) is 31.4 Å². The maximum absolute atomic E-state index is 11.6. The normalized spacial score (nSPS) is 14.5. The Hall–Kier alpha value is -2.63. The Bertz CT molecular complexity index is 616. The van der Waals surface area contributed by atoms with Gasteiger partial charge in [-0.15, -0.1) is 0 Å². The van der Waals surface area contributed by atoms with E-state index in [1.165, 1.54) is 6.08 Å². The second-order valence-electron chi connectivity index (χ2n) is 5.85. The Balaban J connectivity index is 1.67. The largest absolute Gasteiger partial charge is 0.452 e. The van der Waals surface area contributed by atoms with E-state index in [0.717, 1.165) is 36.8 Å². The molecule has 0 spiro atoms. The Morgan fingerprint density at radius 2 is 1.83 bits per heavy atom. The summed E-state index contributed by atoms with van der Waals surface area (Å²) in [4.78, 5) is 34.7. The average Bonchev–Trinajstić information content (AvgIpc) is 3.05. The number of benzene rings is 1. The van der Waals surface area contributed by atoms with Gasteiger partial charge in [0.05, 0.1) is 0 Å². The molecule has 0 heterocycles. The van der Waals surface area contributed by atoms with Crippen molar-refractivity contribution in [1.82, 2.24) is 10.6 Å². The van der Waals surface area contributed by atoms with Gasteiger partial charge < -0.3 is 10.1 Å². The second-order valence-corrected chi connectivity index (χ2v) is 5.85. The van der Waals surface area contributed by atoms with Crippen LogP contribution in [0.4, 0.5) is 4.79 Å². The molecule has 24 heavy (non-hydrogen) atoms. The van der Waals surface area contributed by atoms with Crippen LogP contribution in [0.25, 0.3) is 6.08 Å². The first-order valence-corrected chi connectivity index (χ1v) is 8.05. The van der Waals surface area contributed by atoms with E-state index in [4.69, 9.17) is 4.74 Å². The van der Waals surface area contributed by atoms with Crippen LogP contribution < -0.4 is 10.6 Å². The number of hydrogen-bond acceptors (Lipinski definition) is 4. The van der Waals surface area contributed by atoms with E-state index in [0.29, 0.717) is 0 Å². The van der Waals surface area contributed by atoms with Crippen LogP contribution in [0.2, 0.25) is 0 Å². The summed E-state index contributed by atoms with van der Waals surface area (Å²) in [5, 5.41) is 4.88. The molecule has 1 aliphatic carbocycles. The number of hydrogen-bond donors (Lipinski definition) is 2. The fraction of sp³-hybridized carbons (Fsp3) is 0.389. The number of carbonyl (C=O) groups is 3. The molecular weight excluding hydrogens is 308 g/mol. The number of rotatable bonds is 5. The standard InChI is InChI=1S/C18H22N2O4/c1-13-6-8-14(9-7-13)10-11-17(22)24-12-16(21)20-18(23)19-15-4-2-3-5-15/h6-11,15H,2-5,12H2,1H3,(H2,19,20,21,23)/b11-10+. The molecule has 1 fully saturated rings. The van der Waals surface area contributed by atoms with Crippen molar-refractivity contribution in [2.45, 2.75) is 38.6 Å². The molecule has 6 heteroatoms. The molecule has 128 valence electrons. The smallest absolute Gasteiger partial charge is 0.331 e. The van der Waals surface area contributed by atoms with Gasteiger partial charge in [0.25, 0.3) is 5.91 Å². The maximum Gasteiger partial charge on any atom is 0.331 e.